The molecule has 1 aromatic heterocycles. The molecule has 138 valence electrons. The molecule has 0 saturated carbocycles. The van der Waals surface area contributed by atoms with Crippen LogP contribution in [0, 0.1) is 5.82 Å². The fraction of sp³-hybridized carbons (Fsp3) is 0. The molecule has 3 aromatic carbocycles. The number of amides is 1. The first-order valence-corrected chi connectivity index (χ1v) is 9.21. The number of nitrogens with one attached hydrogen (secondary N) is 1. The summed E-state index contributed by atoms with van der Waals surface area (Å²) in [5.74, 6) is -0.623. The monoisotopic (exact) mass is 437 g/mol. The molecule has 1 heterocycles. The average molecular weight is 438 g/mol. The van der Waals surface area contributed by atoms with Crippen LogP contribution in [0.1, 0.15) is 10.4 Å². The lowest BCUT2D eigenvalue weighted by atomic mass is 10.1. The minimum Gasteiger partial charge on any atom is -0.456 e. The molecule has 6 heteroatoms. The molecule has 1 amide bonds. The number of rotatable bonds is 3. The van der Waals surface area contributed by atoms with Crippen molar-refractivity contribution in [2.24, 2.45) is 0 Å². The fourth-order valence-electron chi connectivity index (χ4n) is 2.87. The van der Waals surface area contributed by atoms with E-state index in [-0.39, 0.29) is 22.7 Å². The number of fused-ring (bicyclic) bond motifs is 1. The van der Waals surface area contributed by atoms with Gasteiger partial charge in [0, 0.05) is 16.2 Å². The molecule has 4 aromatic rings. The Balaban J connectivity index is 1.70. The minimum atomic E-state index is -0.470. The second-order valence-electron chi connectivity index (χ2n) is 6.10. The third kappa shape index (κ3) is 3.46. The molecule has 4 rings (SSSR count). The van der Waals surface area contributed by atoms with Gasteiger partial charge in [-0.05, 0) is 58.4 Å². The number of halogens is 2. The van der Waals surface area contributed by atoms with Gasteiger partial charge in [-0.2, -0.15) is 0 Å². The molecule has 28 heavy (non-hydrogen) atoms. The molecule has 0 spiro atoms. The van der Waals surface area contributed by atoms with Crippen molar-refractivity contribution in [1.29, 1.82) is 0 Å². The zero-order chi connectivity index (χ0) is 19.7. The summed E-state index contributed by atoms with van der Waals surface area (Å²) in [6.07, 6.45) is 0. The quantitative estimate of drug-likeness (QED) is 0.452. The second kappa shape index (κ2) is 7.40. The molecule has 0 aliphatic carbocycles. The summed E-state index contributed by atoms with van der Waals surface area (Å²) in [7, 11) is 0. The lowest BCUT2D eigenvalue weighted by molar-refractivity contribution is 0.102. The summed E-state index contributed by atoms with van der Waals surface area (Å²) in [5, 5.41) is 3.06. The molecule has 0 atom stereocenters. The van der Waals surface area contributed by atoms with E-state index in [4.69, 9.17) is 4.42 Å². The van der Waals surface area contributed by atoms with Crippen LogP contribution in [0.4, 0.5) is 10.1 Å². The van der Waals surface area contributed by atoms with Crippen molar-refractivity contribution in [3.05, 3.63) is 98.9 Å². The first-order valence-electron chi connectivity index (χ1n) is 8.41. The van der Waals surface area contributed by atoms with Crippen LogP contribution >= 0.6 is 15.9 Å². The highest BCUT2D eigenvalue weighted by atomic mass is 79.9. The Hall–Kier alpha value is -3.25. The van der Waals surface area contributed by atoms with E-state index in [1.54, 1.807) is 54.6 Å². The van der Waals surface area contributed by atoms with Crippen LogP contribution in [-0.2, 0) is 0 Å². The molecule has 0 aliphatic rings. The van der Waals surface area contributed by atoms with Gasteiger partial charge in [0.25, 0.3) is 5.91 Å². The molecule has 1 N–H and O–H groups in total. The molecule has 0 radical (unpaired) electrons. The molecule has 0 bridgehead atoms. The Labute approximate surface area is 167 Å². The molecule has 0 unspecified atom stereocenters. The third-order valence-electron chi connectivity index (χ3n) is 4.24. The Morgan fingerprint density at radius 2 is 1.71 bits per heavy atom. The summed E-state index contributed by atoms with van der Waals surface area (Å²) in [5.41, 5.74) is 1.14. The van der Waals surface area contributed by atoms with E-state index in [2.05, 4.69) is 21.2 Å². The summed E-state index contributed by atoms with van der Waals surface area (Å²) < 4.78 is 20.4. The maximum atomic E-state index is 14.0. The highest BCUT2D eigenvalue weighted by Crippen LogP contribution is 2.26. The Kier molecular flexibility index (Phi) is 4.79. The number of hydrogen-bond donors (Lipinski definition) is 1. The molecule has 0 aliphatic heterocycles. The van der Waals surface area contributed by atoms with Crippen molar-refractivity contribution in [2.75, 3.05) is 5.32 Å². The van der Waals surface area contributed by atoms with Crippen molar-refractivity contribution in [2.45, 2.75) is 0 Å². The van der Waals surface area contributed by atoms with Crippen LogP contribution in [0.3, 0.4) is 0 Å². The summed E-state index contributed by atoms with van der Waals surface area (Å²) in [4.78, 5) is 25.0. The van der Waals surface area contributed by atoms with Crippen LogP contribution in [0.2, 0.25) is 0 Å². The Morgan fingerprint density at radius 3 is 2.50 bits per heavy atom. The maximum Gasteiger partial charge on any atom is 0.256 e. The van der Waals surface area contributed by atoms with Crippen LogP contribution in [-0.4, -0.2) is 5.91 Å². The SMILES string of the molecule is O=C(Nc1ccc2oc(-c3ccccc3F)cc(=O)c2c1)c1ccccc1Br. The van der Waals surface area contributed by atoms with Crippen molar-refractivity contribution >= 4 is 38.5 Å². The average Bonchev–Trinajstić information content (AvgIpc) is 2.69. The van der Waals surface area contributed by atoms with Crippen LogP contribution in [0.5, 0.6) is 0 Å². The highest BCUT2D eigenvalue weighted by molar-refractivity contribution is 9.10. The second-order valence-corrected chi connectivity index (χ2v) is 6.95. The zero-order valence-electron chi connectivity index (χ0n) is 14.4. The number of anilines is 1. The lowest BCUT2D eigenvalue weighted by Gasteiger charge is -2.08. The fourth-order valence-corrected chi connectivity index (χ4v) is 3.34. The van der Waals surface area contributed by atoms with Crippen molar-refractivity contribution in [3.63, 3.8) is 0 Å². The van der Waals surface area contributed by atoms with Gasteiger partial charge in [0.05, 0.1) is 16.5 Å². The Morgan fingerprint density at radius 1 is 0.964 bits per heavy atom. The minimum absolute atomic E-state index is 0.153. The van der Waals surface area contributed by atoms with E-state index >= 15 is 0 Å². The van der Waals surface area contributed by atoms with Gasteiger partial charge < -0.3 is 9.73 Å². The normalized spacial score (nSPS) is 10.8. The smallest absolute Gasteiger partial charge is 0.256 e. The first-order chi connectivity index (χ1) is 13.5. The van der Waals surface area contributed by atoms with Gasteiger partial charge >= 0.3 is 0 Å². The van der Waals surface area contributed by atoms with Crippen molar-refractivity contribution in [3.8, 4) is 11.3 Å². The molecular formula is C22H13BrFNO3. The highest BCUT2D eigenvalue weighted by Gasteiger charge is 2.13. The molecular weight excluding hydrogens is 425 g/mol. The number of carbonyl (C=O) groups is 1. The van der Waals surface area contributed by atoms with Crippen LogP contribution in [0.25, 0.3) is 22.3 Å². The van der Waals surface area contributed by atoms with E-state index < -0.39 is 5.82 Å². The number of benzene rings is 3. The molecule has 0 fully saturated rings. The van der Waals surface area contributed by atoms with Gasteiger partial charge in [0.1, 0.15) is 17.2 Å². The van der Waals surface area contributed by atoms with Gasteiger partial charge in [0.2, 0.25) is 0 Å². The van der Waals surface area contributed by atoms with Gasteiger partial charge in [-0.25, -0.2) is 4.39 Å². The van der Waals surface area contributed by atoms with Crippen molar-refractivity contribution < 1.29 is 13.6 Å². The first kappa shape index (κ1) is 18.1. The van der Waals surface area contributed by atoms with E-state index in [0.717, 1.165) is 0 Å². The van der Waals surface area contributed by atoms with Gasteiger partial charge in [-0.1, -0.05) is 24.3 Å². The number of hydrogen-bond acceptors (Lipinski definition) is 3. The lowest BCUT2D eigenvalue weighted by Crippen LogP contribution is -2.13. The van der Waals surface area contributed by atoms with Gasteiger partial charge in [-0.3, -0.25) is 9.59 Å². The predicted molar refractivity (Wildman–Crippen MR) is 110 cm³/mol. The predicted octanol–water partition coefficient (Wildman–Crippen LogP) is 5.61. The summed E-state index contributed by atoms with van der Waals surface area (Å²) in [6, 6.07) is 19.1. The van der Waals surface area contributed by atoms with E-state index in [1.165, 1.54) is 12.1 Å². The standard InChI is InChI=1S/C22H13BrFNO3/c23-17-7-3-1-5-14(17)22(27)25-13-9-10-20-16(11-13)19(26)12-21(28-20)15-6-2-4-8-18(15)24/h1-12H,(H,25,27). The summed E-state index contributed by atoms with van der Waals surface area (Å²) >= 11 is 3.34. The largest absolute Gasteiger partial charge is 0.456 e. The van der Waals surface area contributed by atoms with E-state index in [0.29, 0.717) is 26.7 Å². The zero-order valence-corrected chi connectivity index (χ0v) is 16.0. The number of carbonyl (C=O) groups excluding carboxylic acids is 1. The van der Waals surface area contributed by atoms with Gasteiger partial charge in [-0.15, -0.1) is 0 Å². The maximum absolute atomic E-state index is 14.0. The van der Waals surface area contributed by atoms with Crippen molar-refractivity contribution in [1.82, 2.24) is 0 Å². The third-order valence-corrected chi connectivity index (χ3v) is 4.93. The topological polar surface area (TPSA) is 59.3 Å². The van der Waals surface area contributed by atoms with Gasteiger partial charge in [0.15, 0.2) is 5.43 Å². The Bertz CT molecular complexity index is 1270. The van der Waals surface area contributed by atoms with E-state index in [1.807, 2.05) is 6.07 Å². The van der Waals surface area contributed by atoms with Crippen LogP contribution in [0.15, 0.2) is 86.5 Å². The van der Waals surface area contributed by atoms with Crippen LogP contribution < -0.4 is 10.7 Å². The molecule has 4 nitrogen and oxygen atoms in total. The van der Waals surface area contributed by atoms with E-state index in [9.17, 15) is 14.0 Å². The summed E-state index contributed by atoms with van der Waals surface area (Å²) in [6.45, 7) is 0. The molecule has 0 saturated heterocycles.